The lowest BCUT2D eigenvalue weighted by atomic mass is 10.0. The van der Waals surface area contributed by atoms with E-state index in [1.54, 1.807) is 14.2 Å². The number of benzene rings is 2. The standard InChI is InChI=1S/C16H17BrO2/c1-18-14-7-4-12(5-8-14)3-6-13-11-15(19-2)9-10-16(13)17/h4-5,7-11H,3,6H2,1-2H3. The molecule has 2 rings (SSSR count). The van der Waals surface area contributed by atoms with E-state index in [0.717, 1.165) is 28.8 Å². The first-order valence-corrected chi connectivity index (χ1v) is 6.97. The number of rotatable bonds is 5. The van der Waals surface area contributed by atoms with Gasteiger partial charge in [-0.2, -0.15) is 0 Å². The zero-order valence-corrected chi connectivity index (χ0v) is 12.7. The summed E-state index contributed by atoms with van der Waals surface area (Å²) in [5.74, 6) is 1.79. The highest BCUT2D eigenvalue weighted by atomic mass is 79.9. The Morgan fingerprint density at radius 2 is 1.47 bits per heavy atom. The fourth-order valence-corrected chi connectivity index (χ4v) is 2.39. The predicted molar refractivity (Wildman–Crippen MR) is 81.1 cm³/mol. The van der Waals surface area contributed by atoms with Gasteiger partial charge in [0.1, 0.15) is 11.5 Å². The molecule has 19 heavy (non-hydrogen) atoms. The van der Waals surface area contributed by atoms with E-state index in [1.165, 1.54) is 11.1 Å². The van der Waals surface area contributed by atoms with Gasteiger partial charge in [-0.15, -0.1) is 0 Å². The van der Waals surface area contributed by atoms with Gasteiger partial charge in [0.05, 0.1) is 14.2 Å². The Morgan fingerprint density at radius 1 is 0.842 bits per heavy atom. The molecule has 0 aliphatic carbocycles. The molecular formula is C16H17BrO2. The molecule has 3 heteroatoms. The lowest BCUT2D eigenvalue weighted by Crippen LogP contribution is -1.94. The molecule has 0 heterocycles. The van der Waals surface area contributed by atoms with Crippen LogP contribution < -0.4 is 9.47 Å². The van der Waals surface area contributed by atoms with Crippen LogP contribution >= 0.6 is 15.9 Å². The van der Waals surface area contributed by atoms with Gasteiger partial charge in [0, 0.05) is 4.47 Å². The van der Waals surface area contributed by atoms with Crippen LogP contribution in [0.25, 0.3) is 0 Å². The molecule has 0 spiro atoms. The quantitative estimate of drug-likeness (QED) is 0.819. The zero-order chi connectivity index (χ0) is 13.7. The highest BCUT2D eigenvalue weighted by molar-refractivity contribution is 9.10. The lowest BCUT2D eigenvalue weighted by Gasteiger charge is -2.08. The SMILES string of the molecule is COc1ccc(CCc2cc(OC)ccc2Br)cc1. The van der Waals surface area contributed by atoms with Crippen molar-refractivity contribution in [2.75, 3.05) is 14.2 Å². The van der Waals surface area contributed by atoms with Gasteiger partial charge in [-0.05, 0) is 54.3 Å². The first kappa shape index (κ1) is 13.9. The molecule has 0 unspecified atom stereocenters. The molecule has 0 bridgehead atoms. The summed E-state index contributed by atoms with van der Waals surface area (Å²) in [5.41, 5.74) is 2.56. The number of hydrogen-bond donors (Lipinski definition) is 0. The third-order valence-electron chi connectivity index (χ3n) is 3.09. The maximum atomic E-state index is 5.25. The highest BCUT2D eigenvalue weighted by Crippen LogP contribution is 2.24. The van der Waals surface area contributed by atoms with Gasteiger partial charge in [-0.1, -0.05) is 28.1 Å². The van der Waals surface area contributed by atoms with Crippen LogP contribution in [0.15, 0.2) is 46.9 Å². The van der Waals surface area contributed by atoms with Gasteiger partial charge in [-0.25, -0.2) is 0 Å². The molecule has 0 aliphatic rings. The Bertz CT molecular complexity index is 535. The minimum atomic E-state index is 0.895. The summed E-state index contributed by atoms with van der Waals surface area (Å²) >= 11 is 3.58. The summed E-state index contributed by atoms with van der Waals surface area (Å²) in [6.45, 7) is 0. The Kier molecular flexibility index (Phi) is 4.86. The molecular weight excluding hydrogens is 304 g/mol. The molecule has 0 atom stereocenters. The van der Waals surface area contributed by atoms with E-state index in [-0.39, 0.29) is 0 Å². The normalized spacial score (nSPS) is 10.3. The van der Waals surface area contributed by atoms with E-state index in [2.05, 4.69) is 34.1 Å². The van der Waals surface area contributed by atoms with E-state index >= 15 is 0 Å². The molecule has 0 amide bonds. The molecule has 2 aromatic carbocycles. The summed E-state index contributed by atoms with van der Waals surface area (Å²) in [6.07, 6.45) is 1.97. The smallest absolute Gasteiger partial charge is 0.119 e. The summed E-state index contributed by atoms with van der Waals surface area (Å²) < 4.78 is 11.5. The molecule has 0 aromatic heterocycles. The second kappa shape index (κ2) is 6.62. The van der Waals surface area contributed by atoms with Crippen LogP contribution in [0.1, 0.15) is 11.1 Å². The summed E-state index contributed by atoms with van der Waals surface area (Å²) in [6, 6.07) is 14.3. The molecule has 0 aliphatic heterocycles. The van der Waals surface area contributed by atoms with E-state index < -0.39 is 0 Å². The van der Waals surface area contributed by atoms with Crippen LogP contribution in [-0.4, -0.2) is 14.2 Å². The molecule has 0 radical (unpaired) electrons. The molecule has 2 nitrogen and oxygen atoms in total. The topological polar surface area (TPSA) is 18.5 Å². The van der Waals surface area contributed by atoms with Gasteiger partial charge in [0.2, 0.25) is 0 Å². The van der Waals surface area contributed by atoms with Crippen LogP contribution in [-0.2, 0) is 12.8 Å². The van der Waals surface area contributed by atoms with Crippen LogP contribution in [0, 0.1) is 0 Å². The molecule has 0 fully saturated rings. The van der Waals surface area contributed by atoms with Gasteiger partial charge < -0.3 is 9.47 Å². The first-order valence-electron chi connectivity index (χ1n) is 6.18. The maximum Gasteiger partial charge on any atom is 0.119 e. The predicted octanol–water partition coefficient (Wildman–Crippen LogP) is 4.25. The van der Waals surface area contributed by atoms with E-state index in [0.29, 0.717) is 0 Å². The summed E-state index contributed by atoms with van der Waals surface area (Å²) in [4.78, 5) is 0. The fourth-order valence-electron chi connectivity index (χ4n) is 1.94. The van der Waals surface area contributed by atoms with Crippen molar-refractivity contribution in [2.24, 2.45) is 0 Å². The fraction of sp³-hybridized carbons (Fsp3) is 0.250. The third kappa shape index (κ3) is 3.74. The average molecular weight is 321 g/mol. The van der Waals surface area contributed by atoms with E-state index in [1.807, 2.05) is 24.3 Å². The van der Waals surface area contributed by atoms with Gasteiger partial charge in [0.15, 0.2) is 0 Å². The minimum Gasteiger partial charge on any atom is -0.497 e. The number of methoxy groups -OCH3 is 2. The molecule has 2 aromatic rings. The van der Waals surface area contributed by atoms with Gasteiger partial charge >= 0.3 is 0 Å². The average Bonchev–Trinajstić information content (AvgIpc) is 2.47. The lowest BCUT2D eigenvalue weighted by molar-refractivity contribution is 0.414. The Labute approximate surface area is 122 Å². The number of aryl methyl sites for hydroxylation is 2. The summed E-state index contributed by atoms with van der Waals surface area (Å²) in [7, 11) is 3.37. The Hall–Kier alpha value is -1.48. The molecule has 100 valence electrons. The van der Waals surface area contributed by atoms with Crippen molar-refractivity contribution in [1.29, 1.82) is 0 Å². The van der Waals surface area contributed by atoms with Gasteiger partial charge in [0.25, 0.3) is 0 Å². The van der Waals surface area contributed by atoms with Crippen molar-refractivity contribution in [3.05, 3.63) is 58.1 Å². The van der Waals surface area contributed by atoms with Crippen molar-refractivity contribution in [3.63, 3.8) is 0 Å². The molecule has 0 N–H and O–H groups in total. The monoisotopic (exact) mass is 320 g/mol. The molecule has 0 saturated heterocycles. The number of ether oxygens (including phenoxy) is 2. The highest BCUT2D eigenvalue weighted by Gasteiger charge is 2.03. The van der Waals surface area contributed by atoms with Crippen LogP contribution in [0.5, 0.6) is 11.5 Å². The zero-order valence-electron chi connectivity index (χ0n) is 11.2. The number of hydrogen-bond acceptors (Lipinski definition) is 2. The van der Waals surface area contributed by atoms with Crippen molar-refractivity contribution in [2.45, 2.75) is 12.8 Å². The minimum absolute atomic E-state index is 0.895. The summed E-state index contributed by atoms with van der Waals surface area (Å²) in [5, 5.41) is 0. The number of halogens is 1. The molecule has 0 saturated carbocycles. The largest absolute Gasteiger partial charge is 0.497 e. The second-order valence-corrected chi connectivity index (χ2v) is 5.16. The maximum absolute atomic E-state index is 5.25. The van der Waals surface area contributed by atoms with Crippen LogP contribution in [0.4, 0.5) is 0 Å². The van der Waals surface area contributed by atoms with Crippen molar-refractivity contribution in [3.8, 4) is 11.5 Å². The second-order valence-electron chi connectivity index (χ2n) is 4.31. The third-order valence-corrected chi connectivity index (χ3v) is 3.87. The van der Waals surface area contributed by atoms with Crippen LogP contribution in [0.2, 0.25) is 0 Å². The van der Waals surface area contributed by atoms with E-state index in [4.69, 9.17) is 9.47 Å². The van der Waals surface area contributed by atoms with Crippen molar-refractivity contribution < 1.29 is 9.47 Å². The van der Waals surface area contributed by atoms with E-state index in [9.17, 15) is 0 Å². The van der Waals surface area contributed by atoms with Crippen molar-refractivity contribution >= 4 is 15.9 Å². The van der Waals surface area contributed by atoms with Gasteiger partial charge in [-0.3, -0.25) is 0 Å². The Morgan fingerprint density at radius 3 is 2.11 bits per heavy atom. The van der Waals surface area contributed by atoms with Crippen LogP contribution in [0.3, 0.4) is 0 Å². The Balaban J connectivity index is 2.05. The van der Waals surface area contributed by atoms with Crippen molar-refractivity contribution in [1.82, 2.24) is 0 Å². The first-order chi connectivity index (χ1) is 9.22.